The predicted octanol–water partition coefficient (Wildman–Crippen LogP) is 3.45. The zero-order valence-corrected chi connectivity index (χ0v) is 24.2. The van der Waals surface area contributed by atoms with Crippen molar-refractivity contribution in [2.45, 2.75) is 7.96 Å². The summed E-state index contributed by atoms with van der Waals surface area (Å²) in [6, 6.07) is 0. The lowest BCUT2D eigenvalue weighted by Crippen LogP contribution is -2.24. The monoisotopic (exact) mass is 662 g/mol. The van der Waals surface area contributed by atoms with Gasteiger partial charge in [0.15, 0.2) is 22.2 Å². The lowest BCUT2D eigenvalue weighted by atomic mass is 10.7. The molecule has 0 heterocycles. The Kier molecular flexibility index (Phi) is 24.4. The average molecular weight is 666 g/mol. The number of alkyl halides is 6. The van der Waals surface area contributed by atoms with Gasteiger partial charge in [-0.3, -0.25) is 0 Å². The van der Waals surface area contributed by atoms with Crippen LogP contribution in [-0.4, -0.2) is 96.1 Å². The summed E-state index contributed by atoms with van der Waals surface area (Å²) in [4.78, 5) is 20.6. The standard InChI is InChI=1S/C5H10ClNO4S.C4H11NO3S.C3Cl6O3/c1-7(11-12(2)9)3-4-10-5(6)8;1-5(3-4-6)8-9(2)7;4-2(5,6)11-1(10)12-3(7,8)9/h3-4H2,1-2H3;6H,3-4H2,1-2H3;. The highest BCUT2D eigenvalue weighted by Crippen LogP contribution is 2.32. The first-order valence-corrected chi connectivity index (χ1v) is 13.3. The minimum atomic E-state index is -2.24. The molecule has 0 rings (SSSR count). The molecule has 0 aromatic carbocycles. The molecule has 0 spiro atoms. The Morgan fingerprint density at radius 1 is 0.848 bits per heavy atom. The number of aliphatic hydroxyl groups is 1. The molecular weight excluding hydrogens is 644 g/mol. The molecule has 0 aromatic rings. The molecule has 2 unspecified atom stereocenters. The van der Waals surface area contributed by atoms with Crippen molar-refractivity contribution >= 4 is 115 Å². The highest BCUT2D eigenvalue weighted by molar-refractivity contribution is 7.79. The van der Waals surface area contributed by atoms with Gasteiger partial charge in [-0.05, 0) is 69.6 Å². The summed E-state index contributed by atoms with van der Waals surface area (Å²) in [5.74, 6) is 0. The predicted molar refractivity (Wildman–Crippen MR) is 128 cm³/mol. The molecule has 0 aliphatic heterocycles. The second-order valence-corrected chi connectivity index (χ2v) is 11.4. The number of nitrogens with zero attached hydrogens (tertiary/aromatic N) is 2. The number of likely N-dealkylation sites (N-methyl/N-ethyl adjacent to an activating group) is 2. The fourth-order valence-corrected chi connectivity index (χ4v) is 2.36. The van der Waals surface area contributed by atoms with Gasteiger partial charge in [0, 0.05) is 44.8 Å². The summed E-state index contributed by atoms with van der Waals surface area (Å²) in [6.07, 6.45) is 1.41. The van der Waals surface area contributed by atoms with Crippen molar-refractivity contribution < 1.29 is 45.9 Å². The molecule has 33 heavy (non-hydrogen) atoms. The van der Waals surface area contributed by atoms with Crippen LogP contribution in [0.4, 0.5) is 9.59 Å². The topological polar surface area (TPSA) is 141 Å². The Morgan fingerprint density at radius 3 is 1.48 bits per heavy atom. The number of carbonyl (C=O) groups excluding carboxylic acids is 2. The molecule has 0 fully saturated rings. The molecule has 0 radical (unpaired) electrons. The van der Waals surface area contributed by atoms with Crippen LogP contribution in [0.5, 0.6) is 0 Å². The number of carbonyl (C=O) groups is 2. The highest BCUT2D eigenvalue weighted by Gasteiger charge is 2.32. The van der Waals surface area contributed by atoms with E-state index in [9.17, 15) is 18.0 Å². The van der Waals surface area contributed by atoms with E-state index in [-0.39, 0.29) is 13.2 Å². The summed E-state index contributed by atoms with van der Waals surface area (Å²) >= 11 is 32.5. The van der Waals surface area contributed by atoms with Gasteiger partial charge >= 0.3 is 19.5 Å². The van der Waals surface area contributed by atoms with Crippen molar-refractivity contribution in [1.29, 1.82) is 0 Å². The third-order valence-corrected chi connectivity index (χ3v) is 3.40. The van der Waals surface area contributed by atoms with E-state index in [0.29, 0.717) is 13.1 Å². The van der Waals surface area contributed by atoms with Crippen LogP contribution in [-0.2, 0) is 44.9 Å². The summed E-state index contributed by atoms with van der Waals surface area (Å²) in [6.45, 7) is 0.807. The number of ether oxygens (including phenoxy) is 3. The summed E-state index contributed by atoms with van der Waals surface area (Å²) in [5, 5.41) is 11.0. The van der Waals surface area contributed by atoms with Crippen molar-refractivity contribution in [3.05, 3.63) is 0 Å². The zero-order chi connectivity index (χ0) is 26.8. The molecule has 0 aliphatic rings. The number of hydroxylamine groups is 4. The van der Waals surface area contributed by atoms with Crippen molar-refractivity contribution in [2.75, 3.05) is 52.9 Å². The molecule has 0 saturated heterocycles. The van der Waals surface area contributed by atoms with E-state index in [1.165, 1.54) is 22.6 Å². The first kappa shape index (κ1) is 38.4. The Hall–Kier alpha value is 0.870. The number of hydrogen-bond donors (Lipinski definition) is 1. The molecule has 2 atom stereocenters. The number of halogens is 7. The van der Waals surface area contributed by atoms with Gasteiger partial charge in [0.05, 0.1) is 13.2 Å². The van der Waals surface area contributed by atoms with Gasteiger partial charge < -0.3 is 19.3 Å². The number of hydrogen-bond acceptors (Lipinski definition) is 12. The number of rotatable bonds is 9. The zero-order valence-electron chi connectivity index (χ0n) is 17.3. The van der Waals surface area contributed by atoms with Gasteiger partial charge in [-0.15, -0.1) is 0 Å². The SMILES string of the molecule is CN(CCO)OS(C)=O.CN(CCOC(=O)Cl)OS(C)=O.O=C(OC(Cl)(Cl)Cl)OC(Cl)(Cl)Cl. The van der Waals surface area contributed by atoms with Crippen LogP contribution in [0.2, 0.25) is 0 Å². The molecule has 1 N–H and O–H groups in total. The van der Waals surface area contributed by atoms with Crippen molar-refractivity contribution in [3.8, 4) is 0 Å². The Morgan fingerprint density at radius 2 is 1.21 bits per heavy atom. The van der Waals surface area contributed by atoms with E-state index in [4.69, 9.17) is 90.6 Å². The molecule has 21 heteroatoms. The van der Waals surface area contributed by atoms with E-state index in [1.807, 2.05) is 0 Å². The lowest BCUT2D eigenvalue weighted by Gasteiger charge is -2.15. The maximum absolute atomic E-state index is 10.5. The van der Waals surface area contributed by atoms with Gasteiger partial charge in [0.2, 0.25) is 0 Å². The van der Waals surface area contributed by atoms with Crippen molar-refractivity contribution in [1.82, 2.24) is 10.1 Å². The molecule has 0 amide bonds. The van der Waals surface area contributed by atoms with Gasteiger partial charge in [-0.25, -0.2) is 18.0 Å². The lowest BCUT2D eigenvalue weighted by molar-refractivity contribution is -0.0278. The minimum absolute atomic E-state index is 0.00764. The molecule has 200 valence electrons. The molecule has 0 aliphatic carbocycles. The fourth-order valence-electron chi connectivity index (χ4n) is 1.04. The minimum Gasteiger partial charge on any atom is -0.452 e. The molecule has 12 nitrogen and oxygen atoms in total. The van der Waals surface area contributed by atoms with Crippen LogP contribution in [0.3, 0.4) is 0 Å². The van der Waals surface area contributed by atoms with E-state index in [0.717, 1.165) is 0 Å². The Bertz CT molecular complexity index is 592. The van der Waals surface area contributed by atoms with Crippen LogP contribution in [0, 0.1) is 0 Å². The third kappa shape index (κ3) is 40.3. The number of aliphatic hydroxyl groups excluding tert-OH is 1. The first-order valence-electron chi connectivity index (χ1n) is 7.73. The molecule has 0 saturated carbocycles. The highest BCUT2D eigenvalue weighted by atomic mass is 35.6. The van der Waals surface area contributed by atoms with Crippen LogP contribution in [0.1, 0.15) is 0 Å². The van der Waals surface area contributed by atoms with E-state index >= 15 is 0 Å². The van der Waals surface area contributed by atoms with Crippen LogP contribution >= 0.6 is 81.2 Å². The Labute approximate surface area is 230 Å². The van der Waals surface area contributed by atoms with Gasteiger partial charge in [0.25, 0.3) is 0 Å². The van der Waals surface area contributed by atoms with Gasteiger partial charge in [0.1, 0.15) is 6.61 Å². The largest absolute Gasteiger partial charge is 0.515 e. The Balaban J connectivity index is -0.000000414. The fraction of sp³-hybridized carbons (Fsp3) is 0.833. The summed E-state index contributed by atoms with van der Waals surface area (Å²) in [5.41, 5.74) is -0.860. The van der Waals surface area contributed by atoms with Crippen LogP contribution < -0.4 is 0 Å². The van der Waals surface area contributed by atoms with Crippen molar-refractivity contribution in [2.24, 2.45) is 0 Å². The molecular formula is C12H21Cl7N2O10S2. The van der Waals surface area contributed by atoms with Gasteiger partial charge in [-0.1, -0.05) is 0 Å². The first-order chi connectivity index (χ1) is 14.8. The van der Waals surface area contributed by atoms with Crippen molar-refractivity contribution in [3.63, 3.8) is 0 Å². The summed E-state index contributed by atoms with van der Waals surface area (Å²) < 4.78 is 38.0. The quantitative estimate of drug-likeness (QED) is 0.167. The molecule has 0 bridgehead atoms. The van der Waals surface area contributed by atoms with Crippen LogP contribution in [0.15, 0.2) is 0 Å². The maximum Gasteiger partial charge on any atom is 0.515 e. The van der Waals surface area contributed by atoms with E-state index < -0.39 is 41.7 Å². The smallest absolute Gasteiger partial charge is 0.452 e. The normalized spacial score (nSPS) is 13.2. The maximum atomic E-state index is 10.5. The second kappa shape index (κ2) is 21.0. The van der Waals surface area contributed by atoms with Gasteiger partial charge in [-0.2, -0.15) is 18.7 Å². The average Bonchev–Trinajstić information content (AvgIpc) is 2.50. The van der Waals surface area contributed by atoms with E-state index in [2.05, 4.69) is 18.5 Å². The molecule has 0 aromatic heterocycles. The van der Waals surface area contributed by atoms with Crippen LogP contribution in [0.25, 0.3) is 0 Å². The second-order valence-electron chi connectivity index (χ2n) is 4.81. The van der Waals surface area contributed by atoms with E-state index in [1.54, 1.807) is 14.1 Å². The third-order valence-electron chi connectivity index (χ3n) is 1.90. The summed E-state index contributed by atoms with van der Waals surface area (Å²) in [7, 11) is 3.18.